The average Bonchev–Trinajstić information content (AvgIpc) is 2.23. The van der Waals surface area contributed by atoms with Crippen molar-refractivity contribution in [2.24, 2.45) is 0 Å². The van der Waals surface area contributed by atoms with Crippen molar-refractivity contribution >= 4 is 11.6 Å². The summed E-state index contributed by atoms with van der Waals surface area (Å²) in [6.45, 7) is 0.846. The Labute approximate surface area is 90.2 Å². The van der Waals surface area contributed by atoms with Gasteiger partial charge in [-0.25, -0.2) is 0 Å². The summed E-state index contributed by atoms with van der Waals surface area (Å²) in [5.74, 6) is 0. The second-order valence-corrected chi connectivity index (χ2v) is 4.51. The van der Waals surface area contributed by atoms with E-state index in [2.05, 4.69) is 6.08 Å². The molecule has 2 aliphatic rings. The Hall–Kier alpha value is -0.0500. The highest BCUT2D eigenvalue weighted by molar-refractivity contribution is 6.21. The Morgan fingerprint density at radius 2 is 2.07 bits per heavy atom. The molecular formula is C11H17ClO2. The Bertz CT molecular complexity index is 199. The molecule has 1 unspecified atom stereocenters. The third-order valence-corrected chi connectivity index (χ3v) is 3.09. The van der Waals surface area contributed by atoms with Crippen LogP contribution >= 0.6 is 11.6 Å². The van der Waals surface area contributed by atoms with Gasteiger partial charge in [0.15, 0.2) is 6.29 Å². The third kappa shape index (κ3) is 2.97. The highest BCUT2D eigenvalue weighted by atomic mass is 35.5. The fourth-order valence-electron chi connectivity index (χ4n) is 1.89. The Morgan fingerprint density at radius 3 is 2.71 bits per heavy atom. The summed E-state index contributed by atoms with van der Waals surface area (Å²) >= 11 is 5.95. The van der Waals surface area contributed by atoms with Gasteiger partial charge in [0.1, 0.15) is 0 Å². The van der Waals surface area contributed by atoms with Crippen molar-refractivity contribution in [2.45, 2.75) is 49.9 Å². The molecule has 14 heavy (non-hydrogen) atoms. The van der Waals surface area contributed by atoms with Crippen LogP contribution in [-0.4, -0.2) is 24.4 Å². The second kappa shape index (κ2) is 5.15. The van der Waals surface area contributed by atoms with Gasteiger partial charge in [0.25, 0.3) is 0 Å². The molecular weight excluding hydrogens is 200 g/mol. The van der Waals surface area contributed by atoms with Crippen molar-refractivity contribution in [3.05, 3.63) is 12.2 Å². The molecule has 0 spiro atoms. The van der Waals surface area contributed by atoms with E-state index < -0.39 is 0 Å². The van der Waals surface area contributed by atoms with Gasteiger partial charge in [-0.1, -0.05) is 12.2 Å². The van der Waals surface area contributed by atoms with Crippen LogP contribution < -0.4 is 0 Å². The molecule has 1 aliphatic heterocycles. The molecule has 2 nitrogen and oxygen atoms in total. The molecule has 0 radical (unpaired) electrons. The van der Waals surface area contributed by atoms with Crippen molar-refractivity contribution in [3.8, 4) is 0 Å². The van der Waals surface area contributed by atoms with Crippen molar-refractivity contribution in [1.29, 1.82) is 0 Å². The average molecular weight is 217 g/mol. The first-order valence-electron chi connectivity index (χ1n) is 5.44. The highest BCUT2D eigenvalue weighted by Gasteiger charge is 2.20. The summed E-state index contributed by atoms with van der Waals surface area (Å²) in [7, 11) is 0. The molecule has 0 aromatic heterocycles. The molecule has 3 heteroatoms. The minimum atomic E-state index is 0.0188. The zero-order chi connectivity index (χ0) is 9.80. The molecule has 1 saturated heterocycles. The van der Waals surface area contributed by atoms with Crippen LogP contribution in [0.5, 0.6) is 0 Å². The van der Waals surface area contributed by atoms with Crippen LogP contribution in [0.25, 0.3) is 0 Å². The lowest BCUT2D eigenvalue weighted by molar-refractivity contribution is -0.180. The second-order valence-electron chi connectivity index (χ2n) is 3.95. The highest BCUT2D eigenvalue weighted by Crippen LogP contribution is 2.22. The quantitative estimate of drug-likeness (QED) is 0.522. The number of hydrogen-bond donors (Lipinski definition) is 0. The molecule has 1 heterocycles. The van der Waals surface area contributed by atoms with Crippen LogP contribution in [0.15, 0.2) is 12.2 Å². The third-order valence-electron chi connectivity index (χ3n) is 2.73. The van der Waals surface area contributed by atoms with E-state index in [9.17, 15) is 0 Å². The fourth-order valence-corrected chi connectivity index (χ4v) is 2.10. The maximum atomic E-state index is 5.95. The van der Waals surface area contributed by atoms with Crippen LogP contribution in [0.3, 0.4) is 0 Å². The van der Waals surface area contributed by atoms with Crippen molar-refractivity contribution in [1.82, 2.24) is 0 Å². The van der Waals surface area contributed by atoms with Crippen molar-refractivity contribution in [3.63, 3.8) is 0 Å². The van der Waals surface area contributed by atoms with Gasteiger partial charge in [0.2, 0.25) is 0 Å². The largest absolute Gasteiger partial charge is 0.353 e. The minimum absolute atomic E-state index is 0.0188. The van der Waals surface area contributed by atoms with E-state index in [1.54, 1.807) is 0 Å². The van der Waals surface area contributed by atoms with Crippen LogP contribution in [0, 0.1) is 0 Å². The van der Waals surface area contributed by atoms with Crippen LogP contribution in [-0.2, 0) is 9.47 Å². The summed E-state index contributed by atoms with van der Waals surface area (Å²) in [5.41, 5.74) is 0. The molecule has 1 fully saturated rings. The van der Waals surface area contributed by atoms with E-state index >= 15 is 0 Å². The molecule has 0 aromatic carbocycles. The van der Waals surface area contributed by atoms with Crippen LogP contribution in [0.1, 0.15) is 32.1 Å². The molecule has 0 N–H and O–H groups in total. The van der Waals surface area contributed by atoms with E-state index in [0.717, 1.165) is 25.9 Å². The fraction of sp³-hybridized carbons (Fsp3) is 0.818. The van der Waals surface area contributed by atoms with Crippen LogP contribution in [0.2, 0.25) is 0 Å². The number of hydrogen-bond acceptors (Lipinski definition) is 2. The monoisotopic (exact) mass is 216 g/mol. The molecule has 0 bridgehead atoms. The van der Waals surface area contributed by atoms with Gasteiger partial charge < -0.3 is 9.47 Å². The zero-order valence-electron chi connectivity index (χ0n) is 8.32. The van der Waals surface area contributed by atoms with Crippen LogP contribution in [0.4, 0.5) is 0 Å². The summed E-state index contributed by atoms with van der Waals surface area (Å²) < 4.78 is 11.3. The van der Waals surface area contributed by atoms with E-state index in [1.807, 2.05) is 6.08 Å². The lowest BCUT2D eigenvalue weighted by atomic mass is 10.0. The first-order valence-corrected chi connectivity index (χ1v) is 5.88. The van der Waals surface area contributed by atoms with E-state index in [0.29, 0.717) is 0 Å². The summed E-state index contributed by atoms with van der Waals surface area (Å²) in [6, 6.07) is 0. The van der Waals surface area contributed by atoms with E-state index in [1.165, 1.54) is 12.8 Å². The Kier molecular flexibility index (Phi) is 3.85. The lowest BCUT2D eigenvalue weighted by Gasteiger charge is -2.28. The number of halogens is 1. The van der Waals surface area contributed by atoms with Gasteiger partial charge >= 0.3 is 0 Å². The first-order chi connectivity index (χ1) is 6.84. The standard InChI is InChI=1S/C11H17ClO2/c12-9-4-6-10(7-5-9)14-11-3-1-2-8-13-11/h4,6,9-11H,1-3,5,7-8H2/t9-,10-,11?/m0/s1. The molecule has 2 rings (SSSR count). The molecule has 0 saturated carbocycles. The van der Waals surface area contributed by atoms with Gasteiger partial charge in [-0.05, 0) is 32.1 Å². The van der Waals surface area contributed by atoms with Gasteiger partial charge in [-0.15, -0.1) is 11.6 Å². The first kappa shape index (κ1) is 10.5. The smallest absolute Gasteiger partial charge is 0.158 e. The van der Waals surface area contributed by atoms with Crippen molar-refractivity contribution in [2.75, 3.05) is 6.61 Å². The van der Waals surface area contributed by atoms with Gasteiger partial charge in [-0.3, -0.25) is 0 Å². The topological polar surface area (TPSA) is 18.5 Å². The normalized spacial score (nSPS) is 38.5. The predicted octanol–water partition coefficient (Wildman–Crippen LogP) is 2.86. The molecule has 3 atom stereocenters. The Balaban J connectivity index is 1.76. The number of ether oxygens (including phenoxy) is 2. The van der Waals surface area contributed by atoms with Gasteiger partial charge in [0, 0.05) is 6.61 Å². The SMILES string of the molecule is Cl[C@H]1C=C[C@H](OC2CCCCO2)CC1. The Morgan fingerprint density at radius 1 is 1.14 bits per heavy atom. The number of allylic oxidation sites excluding steroid dienone is 1. The number of rotatable bonds is 2. The lowest BCUT2D eigenvalue weighted by Crippen LogP contribution is -2.28. The summed E-state index contributed by atoms with van der Waals surface area (Å²) in [5, 5.41) is 0.196. The van der Waals surface area contributed by atoms with Crippen molar-refractivity contribution < 1.29 is 9.47 Å². The van der Waals surface area contributed by atoms with E-state index in [4.69, 9.17) is 21.1 Å². The maximum Gasteiger partial charge on any atom is 0.158 e. The predicted molar refractivity (Wildman–Crippen MR) is 56.5 cm³/mol. The molecule has 1 aliphatic carbocycles. The zero-order valence-corrected chi connectivity index (χ0v) is 9.08. The van der Waals surface area contributed by atoms with Gasteiger partial charge in [-0.2, -0.15) is 0 Å². The molecule has 0 amide bonds. The minimum Gasteiger partial charge on any atom is -0.353 e. The maximum absolute atomic E-state index is 5.95. The molecule has 0 aromatic rings. The van der Waals surface area contributed by atoms with E-state index in [-0.39, 0.29) is 17.8 Å². The molecule has 80 valence electrons. The van der Waals surface area contributed by atoms with Gasteiger partial charge in [0.05, 0.1) is 11.5 Å². The summed E-state index contributed by atoms with van der Waals surface area (Å²) in [6.07, 6.45) is 9.79. The summed E-state index contributed by atoms with van der Waals surface area (Å²) in [4.78, 5) is 0. The number of alkyl halides is 1.